The summed E-state index contributed by atoms with van der Waals surface area (Å²) < 4.78 is 10.3. The van der Waals surface area contributed by atoms with Gasteiger partial charge in [0.2, 0.25) is 0 Å². The van der Waals surface area contributed by atoms with Crippen LogP contribution in [0, 0.1) is 0 Å². The van der Waals surface area contributed by atoms with E-state index < -0.39 is 17.4 Å². The Balaban J connectivity index is 1.84. The minimum atomic E-state index is -1.18. The van der Waals surface area contributed by atoms with Gasteiger partial charge in [-0.15, -0.1) is 0 Å². The fraction of sp³-hybridized carbons (Fsp3) is 0.333. The Morgan fingerprint density at radius 2 is 1.93 bits per heavy atom. The number of fused-ring (bicyclic) bond motifs is 1. The number of nitrogens with one attached hydrogen (secondary N) is 1. The molecule has 7 heteroatoms. The minimum absolute atomic E-state index is 0.323. The first-order valence-electron chi connectivity index (χ1n) is 9.17. The molecule has 7 nitrogen and oxygen atoms in total. The summed E-state index contributed by atoms with van der Waals surface area (Å²) in [5.41, 5.74) is 1.72. The SMILES string of the molecule is COC(=O)C(C)(C)NC(=O)c1cc(C2CC2)nc2onc(-c3ccccc3)c12. The van der Waals surface area contributed by atoms with Crippen LogP contribution in [0.4, 0.5) is 0 Å². The number of carbonyl (C=O) groups is 2. The number of hydrogen-bond donors (Lipinski definition) is 1. The van der Waals surface area contributed by atoms with E-state index in [9.17, 15) is 9.59 Å². The maximum Gasteiger partial charge on any atom is 0.330 e. The Bertz CT molecular complexity index is 1050. The molecule has 2 aromatic heterocycles. The summed E-state index contributed by atoms with van der Waals surface area (Å²) in [7, 11) is 1.29. The van der Waals surface area contributed by atoms with Crippen LogP contribution in [-0.2, 0) is 9.53 Å². The normalized spacial score (nSPS) is 14.1. The van der Waals surface area contributed by atoms with Gasteiger partial charge in [0.1, 0.15) is 11.2 Å². The second-order valence-electron chi connectivity index (χ2n) is 7.52. The number of nitrogens with zero attached hydrogens (tertiary/aromatic N) is 2. The number of pyridine rings is 1. The summed E-state index contributed by atoms with van der Waals surface area (Å²) in [5.74, 6) is -0.595. The maximum absolute atomic E-state index is 13.2. The zero-order chi connectivity index (χ0) is 19.9. The molecular formula is C21H21N3O4. The van der Waals surface area contributed by atoms with Crippen LogP contribution >= 0.6 is 0 Å². The van der Waals surface area contributed by atoms with Gasteiger partial charge in [0.15, 0.2) is 0 Å². The molecule has 0 atom stereocenters. The Labute approximate surface area is 162 Å². The van der Waals surface area contributed by atoms with Crippen LogP contribution in [0.5, 0.6) is 0 Å². The monoisotopic (exact) mass is 379 g/mol. The van der Waals surface area contributed by atoms with E-state index in [4.69, 9.17) is 9.26 Å². The molecule has 0 aliphatic heterocycles. The standard InChI is InChI=1S/C21H21N3O4/c1-21(2,20(26)27-3)23-18(25)14-11-15(12-9-10-12)22-19-16(14)17(24-28-19)13-7-5-4-6-8-13/h4-8,11-12H,9-10H2,1-3H3,(H,23,25). The zero-order valence-corrected chi connectivity index (χ0v) is 16.0. The van der Waals surface area contributed by atoms with Crippen LogP contribution in [0.2, 0.25) is 0 Å². The highest BCUT2D eigenvalue weighted by molar-refractivity contribution is 6.10. The molecule has 2 heterocycles. The Morgan fingerprint density at radius 3 is 2.57 bits per heavy atom. The van der Waals surface area contributed by atoms with Crippen LogP contribution in [0.1, 0.15) is 48.7 Å². The Kier molecular flexibility index (Phi) is 4.37. The molecule has 4 rings (SSSR count). The van der Waals surface area contributed by atoms with E-state index in [1.807, 2.05) is 30.3 Å². The summed E-state index contributed by atoms with van der Waals surface area (Å²) in [6, 6.07) is 11.3. The number of amides is 1. The summed E-state index contributed by atoms with van der Waals surface area (Å²) in [6.45, 7) is 3.20. The summed E-state index contributed by atoms with van der Waals surface area (Å²) >= 11 is 0. The third kappa shape index (κ3) is 3.24. The van der Waals surface area contributed by atoms with E-state index in [-0.39, 0.29) is 0 Å². The number of methoxy groups -OCH3 is 1. The van der Waals surface area contributed by atoms with Crippen LogP contribution in [0.3, 0.4) is 0 Å². The van der Waals surface area contributed by atoms with Gasteiger partial charge in [-0.3, -0.25) is 4.79 Å². The smallest absolute Gasteiger partial charge is 0.330 e. The van der Waals surface area contributed by atoms with Crippen molar-refractivity contribution in [3.63, 3.8) is 0 Å². The molecule has 1 N–H and O–H groups in total. The second kappa shape index (κ2) is 6.74. The fourth-order valence-corrected chi connectivity index (χ4v) is 3.19. The quantitative estimate of drug-likeness (QED) is 0.683. The first kappa shape index (κ1) is 18.2. The molecule has 0 unspecified atom stereocenters. The van der Waals surface area contributed by atoms with Gasteiger partial charge in [-0.1, -0.05) is 35.5 Å². The van der Waals surface area contributed by atoms with Crippen molar-refractivity contribution < 1.29 is 18.8 Å². The highest BCUT2D eigenvalue weighted by Crippen LogP contribution is 2.41. The van der Waals surface area contributed by atoms with Crippen molar-refractivity contribution in [1.82, 2.24) is 15.5 Å². The van der Waals surface area contributed by atoms with Gasteiger partial charge < -0.3 is 14.6 Å². The molecule has 1 aliphatic rings. The number of carbonyl (C=O) groups excluding carboxylic acids is 2. The average molecular weight is 379 g/mol. The minimum Gasteiger partial charge on any atom is -0.467 e. The third-order valence-corrected chi connectivity index (χ3v) is 4.88. The molecule has 1 amide bonds. The number of benzene rings is 1. The predicted molar refractivity (Wildman–Crippen MR) is 103 cm³/mol. The van der Waals surface area contributed by atoms with Crippen LogP contribution < -0.4 is 5.32 Å². The third-order valence-electron chi connectivity index (χ3n) is 4.88. The van der Waals surface area contributed by atoms with Crippen molar-refractivity contribution in [3.8, 4) is 11.3 Å². The topological polar surface area (TPSA) is 94.3 Å². The van der Waals surface area contributed by atoms with E-state index in [0.717, 1.165) is 24.1 Å². The molecule has 0 bridgehead atoms. The second-order valence-corrected chi connectivity index (χ2v) is 7.52. The molecule has 1 aromatic carbocycles. The van der Waals surface area contributed by atoms with Crippen LogP contribution in [-0.4, -0.2) is 34.7 Å². The van der Waals surface area contributed by atoms with Crippen LogP contribution in [0.15, 0.2) is 40.9 Å². The van der Waals surface area contributed by atoms with Gasteiger partial charge in [0, 0.05) is 17.2 Å². The molecule has 3 aromatic rings. The largest absolute Gasteiger partial charge is 0.467 e. The van der Waals surface area contributed by atoms with E-state index in [0.29, 0.717) is 28.3 Å². The van der Waals surface area contributed by atoms with Gasteiger partial charge >= 0.3 is 5.97 Å². The molecular weight excluding hydrogens is 358 g/mol. The predicted octanol–water partition coefficient (Wildman–Crippen LogP) is 3.45. The first-order valence-corrected chi connectivity index (χ1v) is 9.17. The van der Waals surface area contributed by atoms with Crippen molar-refractivity contribution in [2.45, 2.75) is 38.1 Å². The van der Waals surface area contributed by atoms with Crippen molar-refractivity contribution in [3.05, 3.63) is 47.7 Å². The van der Waals surface area contributed by atoms with Crippen molar-refractivity contribution in [1.29, 1.82) is 0 Å². The van der Waals surface area contributed by atoms with Gasteiger partial charge in [0.25, 0.3) is 11.6 Å². The molecule has 0 saturated heterocycles. The average Bonchev–Trinajstić information content (AvgIpc) is 3.46. The summed E-state index contributed by atoms with van der Waals surface area (Å²) in [6.07, 6.45) is 2.07. The summed E-state index contributed by atoms with van der Waals surface area (Å²) in [5, 5.41) is 7.46. The lowest BCUT2D eigenvalue weighted by molar-refractivity contribution is -0.146. The lowest BCUT2D eigenvalue weighted by Gasteiger charge is -2.23. The van der Waals surface area contributed by atoms with Gasteiger partial charge in [-0.25, -0.2) is 9.78 Å². The van der Waals surface area contributed by atoms with Crippen molar-refractivity contribution in [2.24, 2.45) is 0 Å². The molecule has 1 fully saturated rings. The highest BCUT2D eigenvalue weighted by atomic mass is 16.5. The molecule has 1 saturated carbocycles. The molecule has 0 radical (unpaired) electrons. The van der Waals surface area contributed by atoms with E-state index >= 15 is 0 Å². The number of ether oxygens (including phenoxy) is 1. The first-order chi connectivity index (χ1) is 13.4. The van der Waals surface area contributed by atoms with E-state index in [1.165, 1.54) is 7.11 Å². The van der Waals surface area contributed by atoms with Gasteiger partial charge in [-0.2, -0.15) is 0 Å². The molecule has 1 aliphatic carbocycles. The van der Waals surface area contributed by atoms with E-state index in [1.54, 1.807) is 19.9 Å². The van der Waals surface area contributed by atoms with Gasteiger partial charge in [0.05, 0.1) is 18.1 Å². The van der Waals surface area contributed by atoms with Crippen molar-refractivity contribution >= 4 is 23.0 Å². The Morgan fingerprint density at radius 1 is 1.21 bits per heavy atom. The van der Waals surface area contributed by atoms with Crippen molar-refractivity contribution in [2.75, 3.05) is 7.11 Å². The maximum atomic E-state index is 13.2. The molecule has 144 valence electrons. The van der Waals surface area contributed by atoms with E-state index in [2.05, 4.69) is 15.5 Å². The zero-order valence-electron chi connectivity index (χ0n) is 16.0. The van der Waals surface area contributed by atoms with Crippen LogP contribution in [0.25, 0.3) is 22.4 Å². The number of hydrogen-bond acceptors (Lipinski definition) is 6. The Hall–Kier alpha value is -3.22. The lowest BCUT2D eigenvalue weighted by atomic mass is 10.0. The fourth-order valence-electron chi connectivity index (χ4n) is 3.19. The molecule has 28 heavy (non-hydrogen) atoms. The van der Waals surface area contributed by atoms with Gasteiger partial charge in [-0.05, 0) is 32.8 Å². The molecule has 0 spiro atoms. The number of rotatable bonds is 5. The highest BCUT2D eigenvalue weighted by Gasteiger charge is 2.34. The number of esters is 1. The number of aromatic nitrogens is 2. The summed E-state index contributed by atoms with van der Waals surface area (Å²) in [4.78, 5) is 29.7. The lowest BCUT2D eigenvalue weighted by Crippen LogP contribution is -2.50.